The maximum absolute atomic E-state index is 11.7. The fraction of sp³-hybridized carbons (Fsp3) is 0.667. The van der Waals surface area contributed by atoms with Gasteiger partial charge in [-0.15, -0.1) is 0 Å². The van der Waals surface area contributed by atoms with Crippen LogP contribution in [0.5, 0.6) is 0 Å². The van der Waals surface area contributed by atoms with Crippen molar-refractivity contribution in [2.75, 3.05) is 18.9 Å². The van der Waals surface area contributed by atoms with Gasteiger partial charge in [0.05, 0.1) is 12.3 Å². The Bertz CT molecular complexity index is 387. The predicted molar refractivity (Wildman–Crippen MR) is 70.3 cm³/mol. The van der Waals surface area contributed by atoms with Gasteiger partial charge in [-0.3, -0.25) is 9.48 Å². The number of hydrogen-bond donors (Lipinski definition) is 2. The molecule has 0 aliphatic heterocycles. The molecule has 18 heavy (non-hydrogen) atoms. The number of rotatable bonds is 7. The van der Waals surface area contributed by atoms with Crippen molar-refractivity contribution in [3.63, 3.8) is 0 Å². The minimum absolute atomic E-state index is 0.176. The largest absolute Gasteiger partial charge is 0.383 e. The highest BCUT2D eigenvalue weighted by Crippen LogP contribution is 2.08. The van der Waals surface area contributed by atoms with Gasteiger partial charge in [0, 0.05) is 20.2 Å². The summed E-state index contributed by atoms with van der Waals surface area (Å²) < 4.78 is 6.89. The van der Waals surface area contributed by atoms with Gasteiger partial charge in [0.25, 0.3) is 5.91 Å². The Balaban J connectivity index is 2.20. The molecule has 0 unspecified atom stereocenters. The Morgan fingerprint density at radius 1 is 1.56 bits per heavy atom. The van der Waals surface area contributed by atoms with E-state index in [2.05, 4.69) is 10.4 Å². The van der Waals surface area contributed by atoms with Gasteiger partial charge < -0.3 is 15.8 Å². The first kappa shape index (κ1) is 14.5. The first-order valence-corrected chi connectivity index (χ1v) is 6.19. The Kier molecular flexibility index (Phi) is 5.64. The van der Waals surface area contributed by atoms with Crippen LogP contribution in [-0.4, -0.2) is 34.9 Å². The molecule has 0 aromatic carbocycles. The molecule has 1 rings (SSSR count). The lowest BCUT2D eigenvalue weighted by atomic mass is 10.3. The zero-order chi connectivity index (χ0) is 13.5. The van der Waals surface area contributed by atoms with E-state index in [1.807, 2.05) is 13.8 Å². The fourth-order valence-corrected chi connectivity index (χ4v) is 1.47. The van der Waals surface area contributed by atoms with Gasteiger partial charge in [0.1, 0.15) is 11.4 Å². The van der Waals surface area contributed by atoms with E-state index in [0.717, 1.165) is 19.4 Å². The van der Waals surface area contributed by atoms with Crippen LogP contribution < -0.4 is 11.1 Å². The minimum atomic E-state index is -0.176. The van der Waals surface area contributed by atoms with E-state index in [1.165, 1.54) is 10.9 Å². The summed E-state index contributed by atoms with van der Waals surface area (Å²) in [5, 5.41) is 6.74. The fourth-order valence-electron chi connectivity index (χ4n) is 1.47. The monoisotopic (exact) mass is 254 g/mol. The normalized spacial score (nSPS) is 10.9. The zero-order valence-electron chi connectivity index (χ0n) is 11.3. The van der Waals surface area contributed by atoms with E-state index in [1.54, 1.807) is 7.05 Å². The second-order valence-corrected chi connectivity index (χ2v) is 4.45. The van der Waals surface area contributed by atoms with Crippen molar-refractivity contribution in [2.24, 2.45) is 7.05 Å². The Morgan fingerprint density at radius 2 is 2.28 bits per heavy atom. The number of anilines is 1. The molecule has 0 saturated carbocycles. The molecule has 1 aromatic heterocycles. The number of amides is 1. The van der Waals surface area contributed by atoms with E-state index in [-0.39, 0.29) is 12.0 Å². The molecule has 0 saturated heterocycles. The van der Waals surface area contributed by atoms with Crippen LogP contribution in [0.25, 0.3) is 0 Å². The van der Waals surface area contributed by atoms with Crippen LogP contribution in [-0.2, 0) is 11.8 Å². The number of aromatic nitrogens is 2. The first-order chi connectivity index (χ1) is 8.52. The number of carbonyl (C=O) groups is 1. The van der Waals surface area contributed by atoms with Crippen LogP contribution in [0.4, 0.5) is 5.82 Å². The topological polar surface area (TPSA) is 82.2 Å². The summed E-state index contributed by atoms with van der Waals surface area (Å²) >= 11 is 0. The van der Waals surface area contributed by atoms with Crippen LogP contribution >= 0.6 is 0 Å². The summed E-state index contributed by atoms with van der Waals surface area (Å²) in [7, 11) is 1.70. The lowest BCUT2D eigenvalue weighted by Gasteiger charge is -2.07. The predicted octanol–water partition coefficient (Wildman–Crippen LogP) is 0.937. The van der Waals surface area contributed by atoms with E-state index >= 15 is 0 Å². The molecule has 1 amide bonds. The van der Waals surface area contributed by atoms with Crippen LogP contribution in [0, 0.1) is 0 Å². The first-order valence-electron chi connectivity index (χ1n) is 6.19. The Morgan fingerprint density at radius 3 is 2.83 bits per heavy atom. The van der Waals surface area contributed by atoms with Crippen LogP contribution in [0.2, 0.25) is 0 Å². The number of ether oxygens (including phenoxy) is 1. The number of unbranched alkanes of at least 4 members (excludes halogenated alkanes) is 1. The quantitative estimate of drug-likeness (QED) is 0.709. The summed E-state index contributed by atoms with van der Waals surface area (Å²) in [6.07, 6.45) is 3.56. The van der Waals surface area contributed by atoms with Crippen molar-refractivity contribution < 1.29 is 9.53 Å². The number of carbonyl (C=O) groups excluding carboxylic acids is 1. The molecule has 6 heteroatoms. The van der Waals surface area contributed by atoms with Crippen molar-refractivity contribution in [3.8, 4) is 0 Å². The molecule has 0 bridgehead atoms. The Hall–Kier alpha value is -1.56. The highest BCUT2D eigenvalue weighted by atomic mass is 16.5. The van der Waals surface area contributed by atoms with Gasteiger partial charge >= 0.3 is 0 Å². The van der Waals surface area contributed by atoms with Gasteiger partial charge in [-0.1, -0.05) is 0 Å². The molecule has 3 N–H and O–H groups in total. The van der Waals surface area contributed by atoms with Crippen molar-refractivity contribution in [3.05, 3.63) is 11.8 Å². The molecule has 0 spiro atoms. The van der Waals surface area contributed by atoms with Gasteiger partial charge in [0.15, 0.2) is 0 Å². The summed E-state index contributed by atoms with van der Waals surface area (Å²) in [4.78, 5) is 11.7. The van der Waals surface area contributed by atoms with Crippen LogP contribution in [0.15, 0.2) is 6.20 Å². The third-order valence-electron chi connectivity index (χ3n) is 2.54. The molecule has 0 aliphatic rings. The van der Waals surface area contributed by atoms with Gasteiger partial charge in [-0.2, -0.15) is 5.10 Å². The van der Waals surface area contributed by atoms with Crippen molar-refractivity contribution in [1.82, 2.24) is 15.1 Å². The summed E-state index contributed by atoms with van der Waals surface area (Å²) in [5.74, 6) is 0.209. The third kappa shape index (κ3) is 4.37. The number of nitrogens with zero attached hydrogens (tertiary/aromatic N) is 2. The zero-order valence-corrected chi connectivity index (χ0v) is 11.3. The minimum Gasteiger partial charge on any atom is -0.383 e. The number of nitrogens with one attached hydrogen (secondary N) is 1. The summed E-state index contributed by atoms with van der Waals surface area (Å²) in [6, 6.07) is 0. The van der Waals surface area contributed by atoms with Crippen molar-refractivity contribution in [2.45, 2.75) is 32.8 Å². The maximum atomic E-state index is 11.7. The number of aryl methyl sites for hydroxylation is 1. The number of hydrogen-bond acceptors (Lipinski definition) is 4. The smallest absolute Gasteiger partial charge is 0.256 e. The lowest BCUT2D eigenvalue weighted by molar-refractivity contribution is 0.0754. The molecule has 1 aromatic rings. The van der Waals surface area contributed by atoms with E-state index in [4.69, 9.17) is 10.5 Å². The van der Waals surface area contributed by atoms with Gasteiger partial charge in [-0.05, 0) is 26.7 Å². The van der Waals surface area contributed by atoms with E-state index in [9.17, 15) is 4.79 Å². The second kappa shape index (κ2) is 7.00. The van der Waals surface area contributed by atoms with E-state index in [0.29, 0.717) is 17.9 Å². The highest BCUT2D eigenvalue weighted by molar-refractivity contribution is 5.98. The molecule has 0 fully saturated rings. The summed E-state index contributed by atoms with van der Waals surface area (Å²) in [5.41, 5.74) is 6.14. The van der Waals surface area contributed by atoms with Gasteiger partial charge in [-0.25, -0.2) is 0 Å². The second-order valence-electron chi connectivity index (χ2n) is 4.45. The number of nitrogen functional groups attached to an aromatic ring is 1. The molecular formula is C12H22N4O2. The molecule has 6 nitrogen and oxygen atoms in total. The Labute approximate surface area is 107 Å². The summed E-state index contributed by atoms with van der Waals surface area (Å²) in [6.45, 7) is 5.36. The molecule has 0 radical (unpaired) electrons. The molecule has 102 valence electrons. The molecule has 0 atom stereocenters. The lowest BCUT2D eigenvalue weighted by Crippen LogP contribution is -2.25. The number of nitrogens with two attached hydrogens (primary N) is 1. The van der Waals surface area contributed by atoms with Crippen molar-refractivity contribution in [1.29, 1.82) is 0 Å². The van der Waals surface area contributed by atoms with Gasteiger partial charge in [0.2, 0.25) is 0 Å². The van der Waals surface area contributed by atoms with Crippen molar-refractivity contribution >= 4 is 11.7 Å². The van der Waals surface area contributed by atoms with Crippen LogP contribution in [0.3, 0.4) is 0 Å². The standard InChI is InChI=1S/C12H22N4O2/c1-9(2)18-7-5-4-6-14-12(17)10-8-15-16(3)11(10)13/h8-9H,4-7,13H2,1-3H3,(H,14,17). The average molecular weight is 254 g/mol. The van der Waals surface area contributed by atoms with E-state index < -0.39 is 0 Å². The SMILES string of the molecule is CC(C)OCCCCNC(=O)c1cnn(C)c1N. The average Bonchev–Trinajstić information content (AvgIpc) is 2.64. The molecular weight excluding hydrogens is 232 g/mol. The molecule has 1 heterocycles. The maximum Gasteiger partial charge on any atom is 0.256 e. The van der Waals surface area contributed by atoms with Crippen LogP contribution in [0.1, 0.15) is 37.0 Å². The third-order valence-corrected chi connectivity index (χ3v) is 2.54. The molecule has 0 aliphatic carbocycles. The highest BCUT2D eigenvalue weighted by Gasteiger charge is 2.12.